The summed E-state index contributed by atoms with van der Waals surface area (Å²) in [6.07, 6.45) is 1.16. The van der Waals surface area contributed by atoms with E-state index in [-0.39, 0.29) is 29.3 Å². The Kier molecular flexibility index (Phi) is 5.74. The van der Waals surface area contributed by atoms with Crippen molar-refractivity contribution in [1.29, 1.82) is 0 Å². The molecule has 0 N–H and O–H groups in total. The highest BCUT2D eigenvalue weighted by Crippen LogP contribution is 2.55. The molecule has 2 aliphatic carbocycles. The van der Waals surface area contributed by atoms with E-state index in [1.165, 1.54) is 37.0 Å². The van der Waals surface area contributed by atoms with Gasteiger partial charge in [-0.05, 0) is 62.6 Å². The number of carbonyl (C=O) groups is 1. The van der Waals surface area contributed by atoms with Crippen LogP contribution in [0, 0.1) is 17.3 Å². The molecular formula is C26H33F3N2O2. The van der Waals surface area contributed by atoms with Crippen molar-refractivity contribution >= 4 is 11.7 Å². The van der Waals surface area contributed by atoms with Gasteiger partial charge in [0.1, 0.15) is 6.10 Å². The fraction of sp³-hybridized carbons (Fsp3) is 0.654. The molecule has 4 nitrogen and oxygen atoms in total. The van der Waals surface area contributed by atoms with Gasteiger partial charge in [-0.15, -0.1) is 0 Å². The van der Waals surface area contributed by atoms with Crippen molar-refractivity contribution in [3.05, 3.63) is 41.0 Å². The van der Waals surface area contributed by atoms with Crippen LogP contribution in [-0.2, 0) is 15.7 Å². The van der Waals surface area contributed by atoms with Gasteiger partial charge in [0.25, 0.3) is 0 Å². The zero-order valence-electron chi connectivity index (χ0n) is 19.5. The SMILES string of the molecule is CC1=C2C[C@H]3[C@@H](C[C@@]2(C)CCC1)OC(=O)[C@@H]3CN1CCN(c2cccc(C(F)(F)F)c2)CC1. The molecule has 0 unspecified atom stereocenters. The van der Waals surface area contributed by atoms with E-state index in [4.69, 9.17) is 4.74 Å². The van der Waals surface area contributed by atoms with E-state index >= 15 is 0 Å². The minimum absolute atomic E-state index is 0.0218. The maximum Gasteiger partial charge on any atom is 0.416 e. The number of fused-ring (bicyclic) bond motifs is 2. The van der Waals surface area contributed by atoms with Crippen LogP contribution in [0.2, 0.25) is 0 Å². The minimum Gasteiger partial charge on any atom is -0.462 e. The third kappa shape index (κ3) is 4.29. The fourth-order valence-electron chi connectivity index (χ4n) is 6.67. The first-order chi connectivity index (χ1) is 15.6. The number of alkyl halides is 3. The number of allylic oxidation sites excluding steroid dienone is 2. The Balaban J connectivity index is 1.23. The molecule has 0 spiro atoms. The molecule has 3 fully saturated rings. The van der Waals surface area contributed by atoms with E-state index in [1.54, 1.807) is 11.6 Å². The monoisotopic (exact) mass is 462 g/mol. The molecule has 7 heteroatoms. The summed E-state index contributed by atoms with van der Waals surface area (Å²) in [5.74, 6) is 0.0720. The normalized spacial score (nSPS) is 33.1. The highest BCUT2D eigenvalue weighted by molar-refractivity contribution is 5.76. The van der Waals surface area contributed by atoms with Crippen LogP contribution >= 0.6 is 0 Å². The quantitative estimate of drug-likeness (QED) is 0.452. The zero-order chi connectivity index (χ0) is 23.4. The number of benzene rings is 1. The Hall–Kier alpha value is -2.02. The van der Waals surface area contributed by atoms with Crippen molar-refractivity contribution in [2.75, 3.05) is 37.6 Å². The van der Waals surface area contributed by atoms with E-state index in [0.29, 0.717) is 25.3 Å². The molecule has 33 heavy (non-hydrogen) atoms. The third-order valence-electron chi connectivity index (χ3n) is 8.55. The number of piperazine rings is 1. The van der Waals surface area contributed by atoms with E-state index < -0.39 is 11.7 Å². The number of esters is 1. The van der Waals surface area contributed by atoms with Gasteiger partial charge in [0.2, 0.25) is 0 Å². The molecule has 0 bridgehead atoms. The molecular weight excluding hydrogens is 429 g/mol. The first-order valence-electron chi connectivity index (χ1n) is 12.2. The minimum atomic E-state index is -4.33. The lowest BCUT2D eigenvalue weighted by molar-refractivity contribution is -0.145. The Morgan fingerprint density at radius 1 is 1.18 bits per heavy atom. The molecule has 0 amide bonds. The van der Waals surface area contributed by atoms with Crippen molar-refractivity contribution in [3.8, 4) is 0 Å². The third-order valence-corrected chi connectivity index (χ3v) is 8.55. The van der Waals surface area contributed by atoms with Gasteiger partial charge in [-0.2, -0.15) is 13.2 Å². The average Bonchev–Trinajstić information content (AvgIpc) is 3.06. The summed E-state index contributed by atoms with van der Waals surface area (Å²) in [5, 5.41) is 0. The first-order valence-corrected chi connectivity index (χ1v) is 12.2. The maximum atomic E-state index is 13.1. The lowest BCUT2D eigenvalue weighted by atomic mass is 9.59. The van der Waals surface area contributed by atoms with Crippen LogP contribution in [0.4, 0.5) is 18.9 Å². The van der Waals surface area contributed by atoms with Gasteiger partial charge in [0.05, 0.1) is 11.5 Å². The van der Waals surface area contributed by atoms with Crippen molar-refractivity contribution < 1.29 is 22.7 Å². The lowest BCUT2D eigenvalue weighted by Gasteiger charge is -2.46. The second kappa shape index (κ2) is 8.33. The molecule has 1 saturated carbocycles. The largest absolute Gasteiger partial charge is 0.462 e. The summed E-state index contributed by atoms with van der Waals surface area (Å²) in [5.41, 5.74) is 3.24. The summed E-state index contributed by atoms with van der Waals surface area (Å²) >= 11 is 0. The zero-order valence-corrected chi connectivity index (χ0v) is 19.5. The standard InChI is InChI=1S/C26H33F3N2O2/c1-17-5-4-8-25(2)15-23-20(14-22(17)25)21(24(32)33-23)16-30-9-11-31(12-10-30)19-7-3-6-18(13-19)26(27,28)29/h3,6-7,13,20-21,23H,4-5,8-12,14-16H2,1-2H3/t20-,21-,23-,25-/m1/s1. The number of anilines is 1. The number of hydrogen-bond acceptors (Lipinski definition) is 4. The Morgan fingerprint density at radius 3 is 2.67 bits per heavy atom. The Bertz CT molecular complexity index is 951. The number of carbonyl (C=O) groups excluding carboxylic acids is 1. The molecule has 4 atom stereocenters. The number of nitrogens with zero attached hydrogens (tertiary/aromatic N) is 2. The highest BCUT2D eigenvalue weighted by atomic mass is 19.4. The summed E-state index contributed by atoms with van der Waals surface area (Å²) < 4.78 is 45.1. The number of halogens is 3. The second-order valence-corrected chi connectivity index (χ2v) is 10.7. The predicted octanol–water partition coefficient (Wildman–Crippen LogP) is 5.29. The van der Waals surface area contributed by atoms with Crippen LogP contribution in [0.15, 0.2) is 35.4 Å². The van der Waals surface area contributed by atoms with Gasteiger partial charge in [-0.3, -0.25) is 9.69 Å². The Morgan fingerprint density at radius 2 is 1.94 bits per heavy atom. The summed E-state index contributed by atoms with van der Waals surface area (Å²) in [6.45, 7) is 8.05. The summed E-state index contributed by atoms with van der Waals surface area (Å²) in [7, 11) is 0. The average molecular weight is 463 g/mol. The van der Waals surface area contributed by atoms with Crippen molar-refractivity contribution in [2.24, 2.45) is 17.3 Å². The van der Waals surface area contributed by atoms with Crippen molar-refractivity contribution in [1.82, 2.24) is 4.90 Å². The molecule has 0 aromatic heterocycles. The molecule has 1 aromatic rings. The van der Waals surface area contributed by atoms with Crippen LogP contribution < -0.4 is 4.90 Å². The highest BCUT2D eigenvalue weighted by Gasteiger charge is 2.53. The smallest absolute Gasteiger partial charge is 0.416 e. The molecule has 2 aliphatic heterocycles. The van der Waals surface area contributed by atoms with Gasteiger partial charge in [0, 0.05) is 44.3 Å². The van der Waals surface area contributed by atoms with Gasteiger partial charge < -0.3 is 9.64 Å². The summed E-state index contributed by atoms with van der Waals surface area (Å²) in [6, 6.07) is 5.55. The Labute approximate surface area is 193 Å². The van der Waals surface area contributed by atoms with Gasteiger partial charge >= 0.3 is 12.1 Å². The molecule has 4 aliphatic rings. The van der Waals surface area contributed by atoms with E-state index in [2.05, 4.69) is 18.7 Å². The molecule has 180 valence electrons. The number of rotatable bonds is 3. The van der Waals surface area contributed by atoms with Crippen molar-refractivity contribution in [3.63, 3.8) is 0 Å². The summed E-state index contributed by atoms with van der Waals surface area (Å²) in [4.78, 5) is 17.1. The molecule has 2 heterocycles. The van der Waals surface area contributed by atoms with Gasteiger partial charge in [-0.1, -0.05) is 24.1 Å². The van der Waals surface area contributed by atoms with Crippen LogP contribution in [0.25, 0.3) is 0 Å². The second-order valence-electron chi connectivity index (χ2n) is 10.7. The van der Waals surface area contributed by atoms with Crippen LogP contribution in [0.5, 0.6) is 0 Å². The number of ether oxygens (including phenoxy) is 1. The van der Waals surface area contributed by atoms with E-state index in [0.717, 1.165) is 32.0 Å². The number of hydrogen-bond donors (Lipinski definition) is 0. The molecule has 2 saturated heterocycles. The maximum absolute atomic E-state index is 13.1. The topological polar surface area (TPSA) is 32.8 Å². The van der Waals surface area contributed by atoms with Crippen LogP contribution in [0.3, 0.4) is 0 Å². The van der Waals surface area contributed by atoms with Crippen LogP contribution in [0.1, 0.15) is 51.5 Å². The fourth-order valence-corrected chi connectivity index (χ4v) is 6.67. The molecule has 5 rings (SSSR count). The lowest BCUT2D eigenvalue weighted by Crippen LogP contribution is -2.49. The first kappa shape index (κ1) is 22.8. The van der Waals surface area contributed by atoms with Crippen LogP contribution in [-0.4, -0.2) is 49.7 Å². The van der Waals surface area contributed by atoms with E-state index in [1.807, 2.05) is 4.90 Å². The molecule has 0 radical (unpaired) electrons. The van der Waals surface area contributed by atoms with Gasteiger partial charge in [0.15, 0.2) is 0 Å². The van der Waals surface area contributed by atoms with Crippen molar-refractivity contribution in [2.45, 2.75) is 58.2 Å². The van der Waals surface area contributed by atoms with E-state index in [9.17, 15) is 18.0 Å². The van der Waals surface area contributed by atoms with Gasteiger partial charge in [-0.25, -0.2) is 0 Å². The predicted molar refractivity (Wildman–Crippen MR) is 121 cm³/mol. The molecule has 1 aromatic carbocycles.